The number of urea groups is 1. The van der Waals surface area contributed by atoms with Gasteiger partial charge in [0, 0.05) is 0 Å². The van der Waals surface area contributed by atoms with Gasteiger partial charge in [0.15, 0.2) is 0 Å². The van der Waals surface area contributed by atoms with E-state index in [0.29, 0.717) is 12.0 Å². The molecule has 2 aromatic rings. The van der Waals surface area contributed by atoms with Crippen LogP contribution in [0.15, 0.2) is 54.6 Å². The summed E-state index contributed by atoms with van der Waals surface area (Å²) in [6.07, 6.45) is 1.26. The molecule has 0 aromatic heterocycles. The van der Waals surface area contributed by atoms with Gasteiger partial charge in [-0.25, -0.2) is 9.18 Å². The molecule has 0 aliphatic carbocycles. The molecule has 1 N–H and O–H groups in total. The summed E-state index contributed by atoms with van der Waals surface area (Å²) in [4.78, 5) is 26.7. The molecule has 0 saturated carbocycles. The minimum Gasteiger partial charge on any atom is -0.319 e. The normalized spacial score (nSPS) is 20.3. The van der Waals surface area contributed by atoms with E-state index < -0.39 is 11.6 Å². The van der Waals surface area contributed by atoms with Crippen molar-refractivity contribution in [1.29, 1.82) is 0 Å². The Kier molecular flexibility index (Phi) is 4.34. The molecular weight excluding hydrogens is 307 g/mol. The lowest BCUT2D eigenvalue weighted by Crippen LogP contribution is -2.43. The van der Waals surface area contributed by atoms with Gasteiger partial charge in [0.2, 0.25) is 0 Å². The number of rotatable bonds is 5. The number of hydrogen-bond donors (Lipinski definition) is 1. The lowest BCUT2D eigenvalue weighted by molar-refractivity contribution is -0.132. The largest absolute Gasteiger partial charge is 0.325 e. The van der Waals surface area contributed by atoms with E-state index in [2.05, 4.69) is 5.32 Å². The van der Waals surface area contributed by atoms with Crippen LogP contribution in [0.25, 0.3) is 0 Å². The molecule has 1 saturated heterocycles. The number of halogens is 1. The summed E-state index contributed by atoms with van der Waals surface area (Å²) in [7, 11) is 0. The molecule has 3 amide bonds. The van der Waals surface area contributed by atoms with Gasteiger partial charge in [-0.05, 0) is 29.7 Å². The van der Waals surface area contributed by atoms with Crippen molar-refractivity contribution in [3.05, 3.63) is 71.5 Å². The number of amides is 3. The summed E-state index contributed by atoms with van der Waals surface area (Å²) in [6.45, 7) is 2.03. The van der Waals surface area contributed by atoms with Crippen molar-refractivity contribution in [2.45, 2.75) is 31.8 Å². The van der Waals surface area contributed by atoms with E-state index in [0.717, 1.165) is 16.9 Å². The average Bonchev–Trinajstić information content (AvgIpc) is 2.81. The Morgan fingerprint density at radius 1 is 1.08 bits per heavy atom. The molecule has 0 bridgehead atoms. The van der Waals surface area contributed by atoms with Crippen molar-refractivity contribution in [1.82, 2.24) is 10.2 Å². The van der Waals surface area contributed by atoms with Crippen LogP contribution in [0.1, 0.15) is 30.9 Å². The van der Waals surface area contributed by atoms with Crippen LogP contribution in [0.2, 0.25) is 0 Å². The van der Waals surface area contributed by atoms with Crippen LogP contribution in [0.4, 0.5) is 9.18 Å². The van der Waals surface area contributed by atoms with E-state index in [4.69, 9.17) is 0 Å². The first-order valence-electron chi connectivity index (χ1n) is 8.01. The van der Waals surface area contributed by atoms with Crippen molar-refractivity contribution >= 4 is 11.9 Å². The number of nitrogens with one attached hydrogen (secondary N) is 1. The second-order valence-electron chi connectivity index (χ2n) is 5.97. The van der Waals surface area contributed by atoms with E-state index in [1.54, 1.807) is 12.1 Å². The van der Waals surface area contributed by atoms with Crippen molar-refractivity contribution in [3.63, 3.8) is 0 Å². The highest BCUT2D eigenvalue weighted by atomic mass is 19.1. The predicted octanol–water partition coefficient (Wildman–Crippen LogP) is 3.57. The summed E-state index contributed by atoms with van der Waals surface area (Å²) in [6, 6.07) is 14.8. The highest BCUT2D eigenvalue weighted by Gasteiger charge is 2.51. The molecule has 1 unspecified atom stereocenters. The maximum Gasteiger partial charge on any atom is 0.325 e. The van der Waals surface area contributed by atoms with Crippen LogP contribution in [0.5, 0.6) is 0 Å². The molecule has 0 radical (unpaired) electrons. The van der Waals surface area contributed by atoms with Crippen molar-refractivity contribution in [2.24, 2.45) is 0 Å². The standard InChI is InChI=1S/C19H19FN2O2/c1-2-11-19(15-8-4-3-5-9-15)17(23)22(18(24)21-19)13-14-7-6-10-16(20)12-14/h3-10,12H,2,11,13H2,1H3,(H,21,24). The fraction of sp³-hybridized carbons (Fsp3) is 0.263. The zero-order valence-corrected chi connectivity index (χ0v) is 13.5. The van der Waals surface area contributed by atoms with Crippen LogP contribution in [-0.4, -0.2) is 16.8 Å². The van der Waals surface area contributed by atoms with Gasteiger partial charge in [0.05, 0.1) is 6.54 Å². The van der Waals surface area contributed by atoms with Crippen LogP contribution in [-0.2, 0) is 16.9 Å². The third-order valence-electron chi connectivity index (χ3n) is 4.30. The maximum absolute atomic E-state index is 13.4. The van der Waals surface area contributed by atoms with Gasteiger partial charge in [0.25, 0.3) is 5.91 Å². The lowest BCUT2D eigenvalue weighted by Gasteiger charge is -2.27. The molecule has 1 aliphatic heterocycles. The Morgan fingerprint density at radius 3 is 2.50 bits per heavy atom. The zero-order chi connectivity index (χ0) is 17.2. The predicted molar refractivity (Wildman–Crippen MR) is 88.5 cm³/mol. The van der Waals surface area contributed by atoms with Gasteiger partial charge >= 0.3 is 6.03 Å². The van der Waals surface area contributed by atoms with Crippen LogP contribution >= 0.6 is 0 Å². The first-order chi connectivity index (χ1) is 11.6. The summed E-state index contributed by atoms with van der Waals surface area (Å²) >= 11 is 0. The van der Waals surface area contributed by atoms with E-state index in [9.17, 15) is 14.0 Å². The fourth-order valence-corrected chi connectivity index (χ4v) is 3.19. The average molecular weight is 326 g/mol. The molecule has 3 rings (SSSR count). The number of carbonyl (C=O) groups is 2. The van der Waals surface area contributed by atoms with Gasteiger partial charge in [-0.1, -0.05) is 55.8 Å². The van der Waals surface area contributed by atoms with Crippen LogP contribution in [0.3, 0.4) is 0 Å². The van der Waals surface area contributed by atoms with Crippen molar-refractivity contribution < 1.29 is 14.0 Å². The highest BCUT2D eigenvalue weighted by molar-refractivity contribution is 6.07. The summed E-state index contributed by atoms with van der Waals surface area (Å²) in [5, 5.41) is 2.86. The Morgan fingerprint density at radius 2 is 1.83 bits per heavy atom. The second kappa shape index (κ2) is 6.43. The highest BCUT2D eigenvalue weighted by Crippen LogP contribution is 2.34. The van der Waals surface area contributed by atoms with Gasteiger partial charge in [0.1, 0.15) is 11.4 Å². The molecule has 2 aromatic carbocycles. The minimum absolute atomic E-state index is 0.0563. The Bertz CT molecular complexity index is 763. The smallest absolute Gasteiger partial charge is 0.319 e. The molecular formula is C19H19FN2O2. The van der Waals surface area contributed by atoms with Gasteiger partial charge in [-0.15, -0.1) is 0 Å². The Hall–Kier alpha value is -2.69. The third-order valence-corrected chi connectivity index (χ3v) is 4.30. The Balaban J connectivity index is 1.94. The summed E-state index contributed by atoms with van der Waals surface area (Å²) in [5.74, 6) is -0.674. The molecule has 1 fully saturated rings. The minimum atomic E-state index is -1.04. The summed E-state index contributed by atoms with van der Waals surface area (Å²) in [5.41, 5.74) is 0.311. The number of hydrogen-bond acceptors (Lipinski definition) is 2. The van der Waals surface area contributed by atoms with E-state index in [1.807, 2.05) is 37.3 Å². The molecule has 0 spiro atoms. The Labute approximate surface area is 140 Å². The summed E-state index contributed by atoms with van der Waals surface area (Å²) < 4.78 is 13.4. The van der Waals surface area contributed by atoms with E-state index in [1.165, 1.54) is 12.1 Å². The maximum atomic E-state index is 13.4. The molecule has 24 heavy (non-hydrogen) atoms. The molecule has 1 aliphatic rings. The third kappa shape index (κ3) is 2.77. The first-order valence-corrected chi connectivity index (χ1v) is 8.01. The molecule has 124 valence electrons. The number of nitrogens with zero attached hydrogens (tertiary/aromatic N) is 1. The number of benzene rings is 2. The van der Waals surface area contributed by atoms with Gasteiger partial charge < -0.3 is 5.32 Å². The lowest BCUT2D eigenvalue weighted by atomic mass is 9.85. The SMILES string of the molecule is CCCC1(c2ccccc2)NC(=O)N(Cc2cccc(F)c2)C1=O. The fourth-order valence-electron chi connectivity index (χ4n) is 3.19. The van der Waals surface area contributed by atoms with Crippen LogP contribution in [0, 0.1) is 5.82 Å². The molecule has 1 heterocycles. The van der Waals surface area contributed by atoms with Crippen LogP contribution < -0.4 is 5.32 Å². The van der Waals surface area contributed by atoms with E-state index in [-0.39, 0.29) is 18.3 Å². The van der Waals surface area contributed by atoms with Crippen molar-refractivity contribution in [2.75, 3.05) is 0 Å². The quantitative estimate of drug-likeness (QED) is 0.854. The van der Waals surface area contributed by atoms with E-state index >= 15 is 0 Å². The van der Waals surface area contributed by atoms with Crippen molar-refractivity contribution in [3.8, 4) is 0 Å². The van der Waals surface area contributed by atoms with Gasteiger partial charge in [-0.2, -0.15) is 0 Å². The molecule has 4 nitrogen and oxygen atoms in total. The van der Waals surface area contributed by atoms with Gasteiger partial charge in [-0.3, -0.25) is 9.69 Å². The molecule has 5 heteroatoms. The molecule has 1 atom stereocenters. The second-order valence-corrected chi connectivity index (χ2v) is 5.97. The topological polar surface area (TPSA) is 49.4 Å². The zero-order valence-electron chi connectivity index (χ0n) is 13.5. The number of imide groups is 1. The number of carbonyl (C=O) groups excluding carboxylic acids is 2. The first kappa shape index (κ1) is 16.2. The monoisotopic (exact) mass is 326 g/mol.